The van der Waals surface area contributed by atoms with Crippen LogP contribution in [0.5, 0.6) is 11.5 Å². The SMILES string of the molecule is COc1ccc(C(=O)NC2CCOCC2)cc1Nc1ncc(-c2ccc(C#N)c(O[C@@H](C)Cn3cnnn3)c2)cn1. The van der Waals surface area contributed by atoms with Crippen molar-refractivity contribution in [3.63, 3.8) is 0 Å². The normalized spacial score (nSPS) is 14.1. The Morgan fingerprint density at radius 3 is 2.66 bits per heavy atom. The number of nitriles is 1. The Kier molecular flexibility index (Phi) is 8.61. The summed E-state index contributed by atoms with van der Waals surface area (Å²) < 4.78 is 18.4. The van der Waals surface area contributed by atoms with E-state index in [1.807, 2.05) is 13.0 Å². The maximum absolute atomic E-state index is 12.8. The van der Waals surface area contributed by atoms with Crippen LogP contribution in [0.15, 0.2) is 55.1 Å². The molecule has 0 bridgehead atoms. The number of amides is 1. The number of ether oxygens (including phenoxy) is 3. The van der Waals surface area contributed by atoms with Gasteiger partial charge < -0.3 is 24.8 Å². The molecule has 0 saturated carbocycles. The molecule has 210 valence electrons. The summed E-state index contributed by atoms with van der Waals surface area (Å²) in [4.78, 5) is 21.8. The topological polar surface area (TPSA) is 162 Å². The maximum Gasteiger partial charge on any atom is 0.251 e. The minimum absolute atomic E-state index is 0.0907. The molecule has 2 aromatic heterocycles. The summed E-state index contributed by atoms with van der Waals surface area (Å²) in [6, 6.07) is 12.7. The van der Waals surface area contributed by atoms with Crippen LogP contribution in [0.3, 0.4) is 0 Å². The van der Waals surface area contributed by atoms with Gasteiger partial charge in [-0.1, -0.05) is 6.07 Å². The lowest BCUT2D eigenvalue weighted by Gasteiger charge is -2.23. The molecule has 5 rings (SSSR count). The van der Waals surface area contributed by atoms with Crippen LogP contribution in [0, 0.1) is 11.3 Å². The summed E-state index contributed by atoms with van der Waals surface area (Å²) in [5, 5.41) is 26.9. The van der Waals surface area contributed by atoms with E-state index in [1.165, 1.54) is 6.33 Å². The third-order valence-corrected chi connectivity index (χ3v) is 6.52. The van der Waals surface area contributed by atoms with E-state index >= 15 is 0 Å². The fourth-order valence-corrected chi connectivity index (χ4v) is 4.39. The number of tetrazole rings is 1. The first-order valence-corrected chi connectivity index (χ1v) is 13.1. The van der Waals surface area contributed by atoms with Gasteiger partial charge in [-0.25, -0.2) is 14.6 Å². The van der Waals surface area contributed by atoms with Crippen molar-refractivity contribution < 1.29 is 19.0 Å². The maximum atomic E-state index is 12.8. The second-order valence-corrected chi connectivity index (χ2v) is 9.48. The molecule has 2 N–H and O–H groups in total. The molecule has 1 aliphatic heterocycles. The molecule has 0 unspecified atom stereocenters. The minimum Gasteiger partial charge on any atom is -0.495 e. The molecular weight excluding hydrogens is 526 g/mol. The number of anilines is 2. The smallest absolute Gasteiger partial charge is 0.251 e. The molecule has 0 spiro atoms. The van der Waals surface area contributed by atoms with Crippen molar-refractivity contribution >= 4 is 17.5 Å². The quantitative estimate of drug-likeness (QED) is 0.296. The number of nitrogens with zero attached hydrogens (tertiary/aromatic N) is 7. The Labute approximate surface area is 236 Å². The lowest BCUT2D eigenvalue weighted by molar-refractivity contribution is 0.0696. The van der Waals surface area contributed by atoms with Crippen molar-refractivity contribution in [3.8, 4) is 28.7 Å². The van der Waals surface area contributed by atoms with E-state index in [4.69, 9.17) is 14.2 Å². The van der Waals surface area contributed by atoms with Crippen molar-refractivity contribution in [1.82, 2.24) is 35.5 Å². The number of rotatable bonds is 10. The fraction of sp³-hybridized carbons (Fsp3) is 0.321. The van der Waals surface area contributed by atoms with E-state index in [1.54, 1.807) is 54.5 Å². The molecule has 1 saturated heterocycles. The minimum atomic E-state index is -0.284. The van der Waals surface area contributed by atoms with Gasteiger partial charge >= 0.3 is 0 Å². The summed E-state index contributed by atoms with van der Waals surface area (Å²) in [7, 11) is 1.56. The summed E-state index contributed by atoms with van der Waals surface area (Å²) in [6.45, 7) is 3.58. The molecule has 1 amide bonds. The molecule has 0 aliphatic carbocycles. The molecule has 2 aromatic carbocycles. The Balaban J connectivity index is 1.29. The van der Waals surface area contributed by atoms with E-state index in [2.05, 4.69) is 42.2 Å². The number of aromatic nitrogens is 6. The van der Waals surface area contributed by atoms with E-state index in [0.29, 0.717) is 54.0 Å². The number of methoxy groups -OCH3 is 1. The number of carbonyl (C=O) groups is 1. The first-order valence-electron chi connectivity index (χ1n) is 13.1. The van der Waals surface area contributed by atoms with Crippen LogP contribution in [-0.2, 0) is 11.3 Å². The average molecular weight is 556 g/mol. The second-order valence-electron chi connectivity index (χ2n) is 9.48. The lowest BCUT2D eigenvalue weighted by Crippen LogP contribution is -2.38. The van der Waals surface area contributed by atoms with Crippen molar-refractivity contribution in [1.29, 1.82) is 5.26 Å². The van der Waals surface area contributed by atoms with Gasteiger partial charge in [-0.05, 0) is 66.1 Å². The van der Waals surface area contributed by atoms with Gasteiger partial charge in [-0.15, -0.1) is 5.10 Å². The molecule has 3 heterocycles. The number of nitrogens with one attached hydrogen (secondary N) is 2. The van der Waals surface area contributed by atoms with Gasteiger partial charge in [0.2, 0.25) is 5.95 Å². The Hall–Kier alpha value is -5.09. The van der Waals surface area contributed by atoms with Crippen molar-refractivity contribution in [3.05, 3.63) is 66.2 Å². The van der Waals surface area contributed by atoms with Crippen molar-refractivity contribution in [2.24, 2.45) is 0 Å². The van der Waals surface area contributed by atoms with Crippen LogP contribution in [0.25, 0.3) is 11.1 Å². The fourth-order valence-electron chi connectivity index (χ4n) is 4.39. The van der Waals surface area contributed by atoms with E-state index in [9.17, 15) is 10.1 Å². The predicted octanol–water partition coefficient (Wildman–Crippen LogP) is 3.13. The Morgan fingerprint density at radius 2 is 1.95 bits per heavy atom. The lowest BCUT2D eigenvalue weighted by atomic mass is 10.1. The number of hydrogen-bond donors (Lipinski definition) is 2. The van der Waals surface area contributed by atoms with Crippen molar-refractivity contribution in [2.45, 2.75) is 38.5 Å². The largest absolute Gasteiger partial charge is 0.495 e. The van der Waals surface area contributed by atoms with Crippen LogP contribution in [0.2, 0.25) is 0 Å². The standard InChI is InChI=1S/C28H29N9O4/c1-18(16-37-17-32-35-36-37)41-26-12-19(3-4-21(26)13-29)22-14-30-28(31-15-22)34-24-11-20(5-6-25(24)39-2)27(38)33-23-7-9-40-10-8-23/h3-6,11-12,14-15,17-18,23H,7-10,16H2,1-2H3,(H,33,38)(H,30,31,34)/t18-/m0/s1. The molecule has 13 heteroatoms. The Bertz CT molecular complexity index is 1510. The molecule has 1 aliphatic rings. The zero-order valence-corrected chi connectivity index (χ0v) is 22.6. The summed E-state index contributed by atoms with van der Waals surface area (Å²) in [5.74, 6) is 1.15. The van der Waals surface area contributed by atoms with Crippen LogP contribution in [0.1, 0.15) is 35.7 Å². The summed E-state index contributed by atoms with van der Waals surface area (Å²) >= 11 is 0. The molecule has 0 radical (unpaired) electrons. The van der Waals surface area contributed by atoms with Gasteiger partial charge in [-0.2, -0.15) is 5.26 Å². The second kappa shape index (κ2) is 12.8. The number of hydrogen-bond acceptors (Lipinski definition) is 11. The van der Waals surface area contributed by atoms with Crippen LogP contribution in [0.4, 0.5) is 11.6 Å². The molecule has 41 heavy (non-hydrogen) atoms. The highest BCUT2D eigenvalue weighted by atomic mass is 16.5. The number of benzene rings is 2. The highest BCUT2D eigenvalue weighted by Crippen LogP contribution is 2.30. The number of carbonyl (C=O) groups excluding carboxylic acids is 1. The molecule has 4 aromatic rings. The predicted molar refractivity (Wildman–Crippen MR) is 148 cm³/mol. The van der Waals surface area contributed by atoms with Crippen molar-refractivity contribution in [2.75, 3.05) is 25.6 Å². The van der Waals surface area contributed by atoms with Crippen LogP contribution >= 0.6 is 0 Å². The summed E-state index contributed by atoms with van der Waals surface area (Å²) in [5.41, 5.74) is 2.98. The monoisotopic (exact) mass is 555 g/mol. The highest BCUT2D eigenvalue weighted by molar-refractivity contribution is 5.96. The molecule has 13 nitrogen and oxygen atoms in total. The van der Waals surface area contributed by atoms with Crippen LogP contribution in [-0.4, -0.2) is 68.6 Å². The highest BCUT2D eigenvalue weighted by Gasteiger charge is 2.18. The van der Waals surface area contributed by atoms with Gasteiger partial charge in [0.25, 0.3) is 5.91 Å². The molecule has 1 atom stereocenters. The molecular formula is C28H29N9O4. The third-order valence-electron chi connectivity index (χ3n) is 6.52. The van der Waals surface area contributed by atoms with Gasteiger partial charge in [0.15, 0.2) is 0 Å². The first-order chi connectivity index (χ1) is 20.0. The Morgan fingerprint density at radius 1 is 1.15 bits per heavy atom. The van der Waals surface area contributed by atoms with Gasteiger partial charge in [0, 0.05) is 42.8 Å². The van der Waals surface area contributed by atoms with Gasteiger partial charge in [-0.3, -0.25) is 4.79 Å². The van der Waals surface area contributed by atoms with E-state index in [-0.39, 0.29) is 18.1 Å². The molecule has 1 fully saturated rings. The first kappa shape index (κ1) is 27.5. The van der Waals surface area contributed by atoms with E-state index < -0.39 is 0 Å². The van der Waals surface area contributed by atoms with Crippen LogP contribution < -0.4 is 20.1 Å². The van der Waals surface area contributed by atoms with Gasteiger partial charge in [0.1, 0.15) is 30.0 Å². The van der Waals surface area contributed by atoms with E-state index in [0.717, 1.165) is 24.0 Å². The third kappa shape index (κ3) is 6.92. The van der Waals surface area contributed by atoms with Gasteiger partial charge in [0.05, 0.1) is 24.9 Å². The summed E-state index contributed by atoms with van der Waals surface area (Å²) in [6.07, 6.45) is 6.13. The average Bonchev–Trinajstić information content (AvgIpc) is 3.51. The zero-order chi connectivity index (χ0) is 28.6. The zero-order valence-electron chi connectivity index (χ0n) is 22.6.